The maximum Gasteiger partial charge on any atom is 0.191 e. The van der Waals surface area contributed by atoms with Crippen molar-refractivity contribution < 1.29 is 0 Å². The van der Waals surface area contributed by atoms with Crippen LogP contribution in [0.5, 0.6) is 0 Å². The zero-order valence-electron chi connectivity index (χ0n) is 14.9. The van der Waals surface area contributed by atoms with E-state index in [0.717, 1.165) is 43.3 Å². The highest BCUT2D eigenvalue weighted by Crippen LogP contribution is 2.08. The van der Waals surface area contributed by atoms with Gasteiger partial charge in [-0.25, -0.2) is 14.7 Å². The Morgan fingerprint density at radius 3 is 2.73 bits per heavy atom. The maximum atomic E-state index is 4.65. The van der Waals surface area contributed by atoms with Crippen molar-refractivity contribution in [1.82, 2.24) is 35.2 Å². The van der Waals surface area contributed by atoms with Crippen molar-refractivity contribution in [2.24, 2.45) is 4.99 Å². The number of aryl methyl sites for hydroxylation is 1. The molecule has 0 spiro atoms. The lowest BCUT2D eigenvalue weighted by molar-refractivity contribution is 0.570. The number of aliphatic imine (C=N–C) groups is 1. The van der Waals surface area contributed by atoms with Crippen LogP contribution in [0.15, 0.2) is 60.4 Å². The van der Waals surface area contributed by atoms with Crippen molar-refractivity contribution in [2.45, 2.75) is 26.4 Å². The summed E-state index contributed by atoms with van der Waals surface area (Å²) in [6.07, 6.45) is 7.97. The van der Waals surface area contributed by atoms with Gasteiger partial charge in [-0.15, -0.1) is 0 Å². The summed E-state index contributed by atoms with van der Waals surface area (Å²) in [5, 5.41) is 15.0. The largest absolute Gasteiger partial charge is 0.357 e. The highest BCUT2D eigenvalue weighted by Gasteiger charge is 2.00. The molecule has 0 unspecified atom stereocenters. The van der Waals surface area contributed by atoms with E-state index in [1.54, 1.807) is 17.2 Å². The van der Waals surface area contributed by atoms with E-state index < -0.39 is 0 Å². The minimum atomic E-state index is 0.617. The summed E-state index contributed by atoms with van der Waals surface area (Å²) in [6, 6.07) is 10.1. The smallest absolute Gasteiger partial charge is 0.191 e. The topological polar surface area (TPSA) is 85.0 Å². The molecule has 0 aliphatic carbocycles. The van der Waals surface area contributed by atoms with Gasteiger partial charge in [-0.05, 0) is 37.1 Å². The molecule has 0 radical (unpaired) electrons. The first kappa shape index (κ1) is 17.7. The second-order valence-electron chi connectivity index (χ2n) is 5.75. The van der Waals surface area contributed by atoms with Crippen molar-refractivity contribution in [2.75, 3.05) is 13.1 Å². The molecule has 0 amide bonds. The van der Waals surface area contributed by atoms with Gasteiger partial charge in [0, 0.05) is 32.0 Å². The Bertz CT molecular complexity index is 775. The van der Waals surface area contributed by atoms with Crippen LogP contribution in [0, 0.1) is 0 Å². The van der Waals surface area contributed by atoms with Crippen LogP contribution in [0.4, 0.5) is 0 Å². The second-order valence-corrected chi connectivity index (χ2v) is 5.75. The van der Waals surface area contributed by atoms with Crippen LogP contribution >= 0.6 is 0 Å². The van der Waals surface area contributed by atoms with Gasteiger partial charge >= 0.3 is 0 Å². The van der Waals surface area contributed by atoms with E-state index in [-0.39, 0.29) is 0 Å². The molecule has 0 atom stereocenters. The first-order valence-electron chi connectivity index (χ1n) is 8.78. The van der Waals surface area contributed by atoms with Crippen LogP contribution in [0.3, 0.4) is 0 Å². The van der Waals surface area contributed by atoms with Gasteiger partial charge in [-0.3, -0.25) is 4.68 Å². The number of rotatable bonds is 8. The molecule has 8 heteroatoms. The minimum Gasteiger partial charge on any atom is -0.357 e. The standard InChI is InChI=1S/C18H24N8/c1-2-20-18(21-9-3-11-25-12-4-10-23-25)22-13-16-5-7-17(8-6-16)26-15-19-14-24-26/h4-8,10,12,14-15H,2-3,9,11,13H2,1H3,(H2,20,21,22). The van der Waals surface area contributed by atoms with Gasteiger partial charge in [0.1, 0.15) is 12.7 Å². The summed E-state index contributed by atoms with van der Waals surface area (Å²) in [7, 11) is 0. The van der Waals surface area contributed by atoms with Crippen LogP contribution in [-0.2, 0) is 13.1 Å². The molecule has 2 aromatic heterocycles. The van der Waals surface area contributed by atoms with Crippen LogP contribution in [0.2, 0.25) is 0 Å². The van der Waals surface area contributed by atoms with Crippen molar-refractivity contribution in [1.29, 1.82) is 0 Å². The normalized spacial score (nSPS) is 11.5. The van der Waals surface area contributed by atoms with Crippen molar-refractivity contribution in [3.63, 3.8) is 0 Å². The van der Waals surface area contributed by atoms with E-state index >= 15 is 0 Å². The van der Waals surface area contributed by atoms with Gasteiger partial charge < -0.3 is 10.6 Å². The zero-order chi connectivity index (χ0) is 18.0. The van der Waals surface area contributed by atoms with E-state index in [1.165, 1.54) is 6.33 Å². The molecule has 1 aromatic carbocycles. The lowest BCUT2D eigenvalue weighted by Gasteiger charge is -2.11. The molecular weight excluding hydrogens is 328 g/mol. The number of aromatic nitrogens is 5. The molecule has 26 heavy (non-hydrogen) atoms. The van der Waals surface area contributed by atoms with Gasteiger partial charge in [0.2, 0.25) is 0 Å². The fourth-order valence-corrected chi connectivity index (χ4v) is 2.49. The minimum absolute atomic E-state index is 0.617. The van der Waals surface area contributed by atoms with Crippen molar-refractivity contribution in [3.05, 3.63) is 60.9 Å². The Hall–Kier alpha value is -3.16. The molecule has 136 valence electrons. The molecular formula is C18H24N8. The summed E-state index contributed by atoms with van der Waals surface area (Å²) < 4.78 is 3.67. The lowest BCUT2D eigenvalue weighted by Crippen LogP contribution is -2.38. The van der Waals surface area contributed by atoms with E-state index in [2.05, 4.69) is 49.9 Å². The molecule has 3 rings (SSSR count). The maximum absolute atomic E-state index is 4.65. The van der Waals surface area contributed by atoms with E-state index in [0.29, 0.717) is 6.54 Å². The van der Waals surface area contributed by atoms with Gasteiger partial charge in [0.15, 0.2) is 5.96 Å². The van der Waals surface area contributed by atoms with Crippen LogP contribution in [0.1, 0.15) is 18.9 Å². The van der Waals surface area contributed by atoms with Gasteiger partial charge in [0.25, 0.3) is 0 Å². The Balaban J connectivity index is 1.49. The monoisotopic (exact) mass is 352 g/mol. The van der Waals surface area contributed by atoms with Gasteiger partial charge in [-0.1, -0.05) is 12.1 Å². The second kappa shape index (κ2) is 9.36. The molecule has 0 saturated carbocycles. The van der Waals surface area contributed by atoms with Gasteiger partial charge in [-0.2, -0.15) is 10.2 Å². The van der Waals surface area contributed by atoms with Crippen LogP contribution in [0.25, 0.3) is 5.69 Å². The molecule has 3 aromatic rings. The van der Waals surface area contributed by atoms with Crippen LogP contribution in [-0.4, -0.2) is 43.6 Å². The third-order valence-electron chi connectivity index (χ3n) is 3.80. The summed E-state index contributed by atoms with van der Waals surface area (Å²) in [5.74, 6) is 0.827. The number of nitrogens with one attached hydrogen (secondary N) is 2. The zero-order valence-corrected chi connectivity index (χ0v) is 14.9. The Morgan fingerprint density at radius 2 is 2.04 bits per heavy atom. The SMILES string of the molecule is CCNC(=NCc1ccc(-n2cncn2)cc1)NCCCn1cccn1. The predicted molar refractivity (Wildman–Crippen MR) is 101 cm³/mol. The number of hydrogen-bond donors (Lipinski definition) is 2. The van der Waals surface area contributed by atoms with E-state index in [9.17, 15) is 0 Å². The van der Waals surface area contributed by atoms with E-state index in [4.69, 9.17) is 0 Å². The highest BCUT2D eigenvalue weighted by molar-refractivity contribution is 5.79. The van der Waals surface area contributed by atoms with E-state index in [1.807, 2.05) is 29.1 Å². The Kier molecular flexibility index (Phi) is 6.35. The number of benzene rings is 1. The quantitative estimate of drug-likeness (QED) is 0.365. The predicted octanol–water partition coefficient (Wildman–Crippen LogP) is 1.61. The average molecular weight is 352 g/mol. The van der Waals surface area contributed by atoms with Gasteiger partial charge in [0.05, 0.1) is 12.2 Å². The lowest BCUT2D eigenvalue weighted by atomic mass is 10.2. The first-order valence-corrected chi connectivity index (χ1v) is 8.78. The molecule has 0 fully saturated rings. The van der Waals surface area contributed by atoms with Crippen LogP contribution < -0.4 is 10.6 Å². The average Bonchev–Trinajstić information content (AvgIpc) is 3.37. The summed E-state index contributed by atoms with van der Waals surface area (Å²) in [4.78, 5) is 8.61. The number of hydrogen-bond acceptors (Lipinski definition) is 4. The fourth-order valence-electron chi connectivity index (χ4n) is 2.49. The van der Waals surface area contributed by atoms with Crippen molar-refractivity contribution in [3.8, 4) is 5.69 Å². The molecule has 2 N–H and O–H groups in total. The fraction of sp³-hybridized carbons (Fsp3) is 0.333. The van der Waals surface area contributed by atoms with Crippen molar-refractivity contribution >= 4 is 5.96 Å². The number of guanidine groups is 1. The summed E-state index contributed by atoms with van der Waals surface area (Å²) >= 11 is 0. The third-order valence-corrected chi connectivity index (χ3v) is 3.80. The molecule has 8 nitrogen and oxygen atoms in total. The summed E-state index contributed by atoms with van der Waals surface area (Å²) in [5.41, 5.74) is 2.13. The molecule has 0 bridgehead atoms. The summed E-state index contributed by atoms with van der Waals surface area (Å²) in [6.45, 7) is 5.25. The number of nitrogens with zero attached hydrogens (tertiary/aromatic N) is 6. The third kappa shape index (κ3) is 5.17. The Labute approximate surface area is 153 Å². The Morgan fingerprint density at radius 1 is 1.15 bits per heavy atom. The highest BCUT2D eigenvalue weighted by atomic mass is 15.3. The first-order chi connectivity index (χ1) is 12.8. The molecule has 0 saturated heterocycles. The molecule has 0 aliphatic heterocycles. The molecule has 2 heterocycles. The molecule has 0 aliphatic rings.